The van der Waals surface area contributed by atoms with E-state index in [1.165, 1.54) is 24.3 Å². The maximum atomic E-state index is 12.8. The first kappa shape index (κ1) is 19.3. The van der Waals surface area contributed by atoms with Crippen molar-refractivity contribution in [2.75, 3.05) is 18.5 Å². The lowest BCUT2D eigenvalue weighted by Gasteiger charge is -2.05. The maximum Gasteiger partial charge on any atom is 0.270 e. The van der Waals surface area contributed by atoms with Crippen molar-refractivity contribution in [3.8, 4) is 23.0 Å². The fourth-order valence-electron chi connectivity index (χ4n) is 2.26. The summed E-state index contributed by atoms with van der Waals surface area (Å²) in [6, 6.07) is 12.6. The standard InChI is InChI=1S/C20H20FN3O4/c1-2-3-12-26-16-8-4-14(5-9-16)19-23-20(24-28-19)22-18(25)13-27-17-10-6-15(21)7-11-17/h4-11H,2-3,12-13H2,1H3,(H,22,24,25). The smallest absolute Gasteiger partial charge is 0.270 e. The molecular weight excluding hydrogens is 365 g/mol. The van der Waals surface area contributed by atoms with Crippen LogP contribution in [0.3, 0.4) is 0 Å². The van der Waals surface area contributed by atoms with E-state index < -0.39 is 5.91 Å². The third-order valence-electron chi connectivity index (χ3n) is 3.73. The number of nitrogens with zero attached hydrogens (tertiary/aromatic N) is 2. The summed E-state index contributed by atoms with van der Waals surface area (Å²) in [5.41, 5.74) is 0.707. The Morgan fingerprint density at radius 3 is 2.46 bits per heavy atom. The summed E-state index contributed by atoms with van der Waals surface area (Å²) in [6.07, 6.45) is 2.07. The topological polar surface area (TPSA) is 86.5 Å². The van der Waals surface area contributed by atoms with Gasteiger partial charge >= 0.3 is 0 Å². The highest BCUT2D eigenvalue weighted by atomic mass is 19.1. The Balaban J connectivity index is 1.51. The molecule has 0 aliphatic rings. The van der Waals surface area contributed by atoms with E-state index in [1.807, 2.05) is 12.1 Å². The Hall–Kier alpha value is -3.42. The van der Waals surface area contributed by atoms with E-state index in [4.69, 9.17) is 14.0 Å². The number of anilines is 1. The van der Waals surface area contributed by atoms with Crippen LogP contribution in [0.1, 0.15) is 19.8 Å². The van der Waals surface area contributed by atoms with Gasteiger partial charge in [0, 0.05) is 5.56 Å². The van der Waals surface area contributed by atoms with Crippen LogP contribution in [0.4, 0.5) is 10.3 Å². The van der Waals surface area contributed by atoms with Crippen molar-refractivity contribution in [1.29, 1.82) is 0 Å². The fraction of sp³-hybridized carbons (Fsp3) is 0.250. The van der Waals surface area contributed by atoms with Crippen LogP contribution in [0.15, 0.2) is 53.1 Å². The normalized spacial score (nSPS) is 10.5. The first-order valence-corrected chi connectivity index (χ1v) is 8.89. The van der Waals surface area contributed by atoms with Crippen LogP contribution < -0.4 is 14.8 Å². The van der Waals surface area contributed by atoms with Crippen LogP contribution in [0.5, 0.6) is 11.5 Å². The molecule has 1 heterocycles. The molecule has 0 unspecified atom stereocenters. The maximum absolute atomic E-state index is 12.8. The number of carbonyl (C=O) groups is 1. The zero-order chi connectivity index (χ0) is 19.8. The Bertz CT molecular complexity index is 895. The molecule has 0 aliphatic heterocycles. The van der Waals surface area contributed by atoms with E-state index >= 15 is 0 Å². The minimum Gasteiger partial charge on any atom is -0.494 e. The van der Waals surface area contributed by atoms with Gasteiger partial charge in [-0.25, -0.2) is 4.39 Å². The third-order valence-corrected chi connectivity index (χ3v) is 3.73. The molecule has 1 amide bonds. The van der Waals surface area contributed by atoms with Crippen molar-refractivity contribution in [2.45, 2.75) is 19.8 Å². The predicted octanol–water partition coefficient (Wildman–Crippen LogP) is 4.07. The third kappa shape index (κ3) is 5.54. The second-order valence-electron chi connectivity index (χ2n) is 5.94. The zero-order valence-electron chi connectivity index (χ0n) is 15.4. The van der Waals surface area contributed by atoms with E-state index in [0.29, 0.717) is 17.9 Å². The molecule has 0 radical (unpaired) electrons. The van der Waals surface area contributed by atoms with E-state index in [0.717, 1.165) is 18.6 Å². The molecule has 28 heavy (non-hydrogen) atoms. The van der Waals surface area contributed by atoms with Gasteiger partial charge in [0.15, 0.2) is 6.61 Å². The van der Waals surface area contributed by atoms with Crippen LogP contribution in [0.2, 0.25) is 0 Å². The summed E-state index contributed by atoms with van der Waals surface area (Å²) >= 11 is 0. The van der Waals surface area contributed by atoms with Crippen LogP contribution >= 0.6 is 0 Å². The molecule has 0 bridgehead atoms. The van der Waals surface area contributed by atoms with E-state index in [2.05, 4.69) is 22.4 Å². The van der Waals surface area contributed by atoms with Gasteiger partial charge < -0.3 is 14.0 Å². The number of halogens is 1. The van der Waals surface area contributed by atoms with E-state index in [-0.39, 0.29) is 24.3 Å². The van der Waals surface area contributed by atoms with Crippen molar-refractivity contribution in [3.63, 3.8) is 0 Å². The van der Waals surface area contributed by atoms with E-state index in [1.54, 1.807) is 12.1 Å². The van der Waals surface area contributed by atoms with Crippen molar-refractivity contribution in [2.24, 2.45) is 0 Å². The average molecular weight is 385 g/mol. The molecule has 7 nitrogen and oxygen atoms in total. The molecule has 0 fully saturated rings. The van der Waals surface area contributed by atoms with Gasteiger partial charge in [-0.3, -0.25) is 10.1 Å². The number of hydrogen-bond donors (Lipinski definition) is 1. The summed E-state index contributed by atoms with van der Waals surface area (Å²) in [5, 5.41) is 6.21. The van der Waals surface area contributed by atoms with Gasteiger partial charge in [0.1, 0.15) is 17.3 Å². The molecule has 0 spiro atoms. The molecule has 0 saturated carbocycles. The lowest BCUT2D eigenvalue weighted by atomic mass is 10.2. The van der Waals surface area contributed by atoms with Gasteiger partial charge in [0.2, 0.25) is 0 Å². The fourth-order valence-corrected chi connectivity index (χ4v) is 2.26. The predicted molar refractivity (Wildman–Crippen MR) is 101 cm³/mol. The minimum atomic E-state index is -0.462. The number of aromatic nitrogens is 2. The highest BCUT2D eigenvalue weighted by Gasteiger charge is 2.12. The lowest BCUT2D eigenvalue weighted by Crippen LogP contribution is -2.20. The highest BCUT2D eigenvalue weighted by Crippen LogP contribution is 2.22. The number of amides is 1. The lowest BCUT2D eigenvalue weighted by molar-refractivity contribution is -0.118. The Kier molecular flexibility index (Phi) is 6.56. The molecule has 0 aliphatic carbocycles. The molecule has 8 heteroatoms. The van der Waals surface area contributed by atoms with Gasteiger partial charge in [-0.2, -0.15) is 4.98 Å². The molecule has 2 aromatic carbocycles. The largest absolute Gasteiger partial charge is 0.494 e. The molecule has 0 saturated heterocycles. The second-order valence-corrected chi connectivity index (χ2v) is 5.94. The minimum absolute atomic E-state index is 0.0333. The Morgan fingerprint density at radius 2 is 1.75 bits per heavy atom. The van der Waals surface area contributed by atoms with Gasteiger partial charge in [-0.15, -0.1) is 0 Å². The monoisotopic (exact) mass is 385 g/mol. The molecule has 3 aromatic rings. The van der Waals surface area contributed by atoms with Crippen molar-refractivity contribution in [3.05, 3.63) is 54.3 Å². The summed E-state index contributed by atoms with van der Waals surface area (Å²) in [4.78, 5) is 16.1. The van der Waals surface area contributed by atoms with Crippen molar-refractivity contribution >= 4 is 11.9 Å². The first-order chi connectivity index (χ1) is 13.6. The average Bonchev–Trinajstić information content (AvgIpc) is 3.17. The summed E-state index contributed by atoms with van der Waals surface area (Å²) in [7, 11) is 0. The molecular formula is C20H20FN3O4. The van der Waals surface area contributed by atoms with Crippen LogP contribution in [0.25, 0.3) is 11.5 Å². The molecule has 1 N–H and O–H groups in total. The van der Waals surface area contributed by atoms with Crippen molar-refractivity contribution < 1.29 is 23.2 Å². The number of unbranched alkanes of at least 4 members (excludes halogenated alkanes) is 1. The van der Waals surface area contributed by atoms with Gasteiger partial charge in [0.05, 0.1) is 6.61 Å². The van der Waals surface area contributed by atoms with Crippen LogP contribution in [-0.4, -0.2) is 29.3 Å². The van der Waals surface area contributed by atoms with Gasteiger partial charge in [0.25, 0.3) is 17.7 Å². The van der Waals surface area contributed by atoms with Crippen LogP contribution in [-0.2, 0) is 4.79 Å². The number of hydrogen-bond acceptors (Lipinski definition) is 6. The van der Waals surface area contributed by atoms with E-state index in [9.17, 15) is 9.18 Å². The SMILES string of the molecule is CCCCOc1ccc(-c2nc(NC(=O)COc3ccc(F)cc3)no2)cc1. The Labute approximate surface area is 161 Å². The molecule has 1 aromatic heterocycles. The summed E-state index contributed by atoms with van der Waals surface area (Å²) in [5.74, 6) is 0.614. The van der Waals surface area contributed by atoms with Crippen molar-refractivity contribution in [1.82, 2.24) is 10.1 Å². The summed E-state index contributed by atoms with van der Waals surface area (Å²) < 4.78 is 28.9. The highest BCUT2D eigenvalue weighted by molar-refractivity contribution is 5.90. The number of carbonyl (C=O) groups excluding carboxylic acids is 1. The zero-order valence-corrected chi connectivity index (χ0v) is 15.4. The molecule has 3 rings (SSSR count). The summed E-state index contributed by atoms with van der Waals surface area (Å²) in [6.45, 7) is 2.51. The Morgan fingerprint density at radius 1 is 1.07 bits per heavy atom. The molecule has 146 valence electrons. The first-order valence-electron chi connectivity index (χ1n) is 8.89. The number of rotatable bonds is 9. The van der Waals surface area contributed by atoms with Gasteiger partial charge in [-0.1, -0.05) is 13.3 Å². The van der Waals surface area contributed by atoms with Crippen LogP contribution in [0, 0.1) is 5.82 Å². The molecule has 0 atom stereocenters. The number of benzene rings is 2. The van der Waals surface area contributed by atoms with Gasteiger partial charge in [-0.05, 0) is 60.1 Å². The second kappa shape index (κ2) is 9.50. The quantitative estimate of drug-likeness (QED) is 0.559. The number of nitrogens with one attached hydrogen (secondary N) is 1. The number of ether oxygens (including phenoxy) is 2.